The molecule has 3 rings (SSSR count). The van der Waals surface area contributed by atoms with Crippen molar-refractivity contribution in [2.75, 3.05) is 38.3 Å². The largest absolute Gasteiger partial charge is 0.496 e. The molecule has 0 aliphatic carbocycles. The second kappa shape index (κ2) is 7.49. The van der Waals surface area contributed by atoms with Gasteiger partial charge in [0.05, 0.1) is 26.0 Å². The molecule has 0 bridgehead atoms. The molecule has 2 aromatic rings. The molecule has 120 valence electrons. The van der Waals surface area contributed by atoms with Crippen LogP contribution in [0.3, 0.4) is 0 Å². The van der Waals surface area contributed by atoms with Crippen LogP contribution in [0.1, 0.15) is 5.56 Å². The molecule has 4 nitrogen and oxygen atoms in total. The van der Waals surface area contributed by atoms with Gasteiger partial charge in [-0.2, -0.15) is 0 Å². The van der Waals surface area contributed by atoms with Gasteiger partial charge in [-0.1, -0.05) is 11.6 Å². The van der Waals surface area contributed by atoms with Crippen molar-refractivity contribution in [3.8, 4) is 5.75 Å². The zero-order chi connectivity index (χ0) is 16.1. The molecule has 0 amide bonds. The Bertz CT molecular complexity index is 680. The van der Waals surface area contributed by atoms with Gasteiger partial charge < -0.3 is 14.4 Å². The van der Waals surface area contributed by atoms with Crippen LogP contribution < -0.4 is 9.64 Å². The summed E-state index contributed by atoms with van der Waals surface area (Å²) >= 11 is 6.03. The van der Waals surface area contributed by atoms with Crippen LogP contribution in [-0.4, -0.2) is 39.6 Å². The Kier molecular flexibility index (Phi) is 5.16. The van der Waals surface area contributed by atoms with Crippen LogP contribution in [0, 0.1) is 0 Å². The van der Waals surface area contributed by atoms with Gasteiger partial charge in [0.25, 0.3) is 0 Å². The fraction of sp³-hybridized carbons (Fsp3) is 0.278. The molecule has 0 spiro atoms. The first-order valence-corrected chi connectivity index (χ1v) is 7.94. The van der Waals surface area contributed by atoms with Gasteiger partial charge in [-0.25, -0.2) is 0 Å². The van der Waals surface area contributed by atoms with E-state index in [-0.39, 0.29) is 0 Å². The van der Waals surface area contributed by atoms with Crippen LogP contribution in [0.25, 0.3) is 0 Å². The first-order chi connectivity index (χ1) is 11.3. The summed E-state index contributed by atoms with van der Waals surface area (Å²) in [4.78, 5) is 6.82. The Morgan fingerprint density at radius 2 is 1.87 bits per heavy atom. The predicted molar refractivity (Wildman–Crippen MR) is 94.7 cm³/mol. The Labute approximate surface area is 141 Å². The second-order valence-electron chi connectivity index (χ2n) is 5.26. The average Bonchev–Trinajstić information content (AvgIpc) is 2.61. The molecule has 1 aliphatic rings. The third-order valence-corrected chi connectivity index (χ3v) is 4.01. The number of halogens is 1. The van der Waals surface area contributed by atoms with E-state index >= 15 is 0 Å². The third kappa shape index (κ3) is 4.03. The quantitative estimate of drug-likeness (QED) is 0.796. The van der Waals surface area contributed by atoms with Crippen molar-refractivity contribution in [3.63, 3.8) is 0 Å². The lowest BCUT2D eigenvalue weighted by Gasteiger charge is -2.28. The maximum Gasteiger partial charge on any atom is 0.127 e. The van der Waals surface area contributed by atoms with Gasteiger partial charge in [0.15, 0.2) is 0 Å². The van der Waals surface area contributed by atoms with E-state index in [9.17, 15) is 0 Å². The highest BCUT2D eigenvalue weighted by Gasteiger charge is 2.10. The second-order valence-corrected chi connectivity index (χ2v) is 5.70. The number of morpholine rings is 1. The van der Waals surface area contributed by atoms with Gasteiger partial charge in [0, 0.05) is 35.6 Å². The first kappa shape index (κ1) is 15.8. The molecular weight excluding hydrogens is 312 g/mol. The molecule has 0 radical (unpaired) electrons. The number of methoxy groups -OCH3 is 1. The summed E-state index contributed by atoms with van der Waals surface area (Å²) in [5.74, 6) is 0.753. The highest BCUT2D eigenvalue weighted by molar-refractivity contribution is 6.30. The van der Waals surface area contributed by atoms with Crippen molar-refractivity contribution in [2.45, 2.75) is 0 Å². The summed E-state index contributed by atoms with van der Waals surface area (Å²) in [5.41, 5.74) is 2.95. The highest BCUT2D eigenvalue weighted by Crippen LogP contribution is 2.23. The maximum atomic E-state index is 6.03. The van der Waals surface area contributed by atoms with Gasteiger partial charge in [-0.3, -0.25) is 4.99 Å². The molecule has 1 fully saturated rings. The molecule has 0 N–H and O–H groups in total. The summed E-state index contributed by atoms with van der Waals surface area (Å²) in [5, 5.41) is 0.662. The number of aliphatic imine (C=N–C) groups is 1. The zero-order valence-electron chi connectivity index (χ0n) is 13.0. The van der Waals surface area contributed by atoms with E-state index in [1.807, 2.05) is 24.3 Å². The smallest absolute Gasteiger partial charge is 0.127 e. The molecule has 1 saturated heterocycles. The van der Waals surface area contributed by atoms with Crippen LogP contribution in [0.4, 0.5) is 11.4 Å². The van der Waals surface area contributed by atoms with Crippen LogP contribution in [0.15, 0.2) is 47.5 Å². The fourth-order valence-corrected chi connectivity index (χ4v) is 2.70. The average molecular weight is 331 g/mol. The SMILES string of the molecule is COc1ccc(Cl)cc1C=Nc1ccc(N2CCOCC2)cc1. The number of nitrogens with zero attached hydrogens (tertiary/aromatic N) is 2. The third-order valence-electron chi connectivity index (χ3n) is 3.77. The van der Waals surface area contributed by atoms with Crippen LogP contribution in [0.5, 0.6) is 5.75 Å². The number of ether oxygens (including phenoxy) is 2. The zero-order valence-corrected chi connectivity index (χ0v) is 13.8. The number of anilines is 1. The highest BCUT2D eigenvalue weighted by atomic mass is 35.5. The Balaban J connectivity index is 1.74. The Morgan fingerprint density at radius 3 is 2.57 bits per heavy atom. The van der Waals surface area contributed by atoms with Crippen LogP contribution in [0.2, 0.25) is 5.02 Å². The minimum Gasteiger partial charge on any atom is -0.496 e. The molecule has 0 aromatic heterocycles. The fourth-order valence-electron chi connectivity index (χ4n) is 2.52. The minimum atomic E-state index is 0.662. The predicted octanol–water partition coefficient (Wildman–Crippen LogP) is 3.94. The normalized spacial score (nSPS) is 15.1. The van der Waals surface area contributed by atoms with Crippen LogP contribution in [-0.2, 0) is 4.74 Å². The molecule has 0 atom stereocenters. The van der Waals surface area contributed by atoms with Crippen molar-refractivity contribution in [1.29, 1.82) is 0 Å². The Morgan fingerprint density at radius 1 is 1.13 bits per heavy atom. The van der Waals surface area contributed by atoms with Crippen molar-refractivity contribution >= 4 is 29.2 Å². The molecule has 5 heteroatoms. The molecule has 1 aliphatic heterocycles. The van der Waals surface area contributed by atoms with E-state index in [0.717, 1.165) is 43.3 Å². The molecule has 0 unspecified atom stereocenters. The summed E-state index contributed by atoms with van der Waals surface area (Å²) in [6, 6.07) is 13.7. The maximum absolute atomic E-state index is 6.03. The molecule has 0 saturated carbocycles. The summed E-state index contributed by atoms with van der Waals surface area (Å²) in [7, 11) is 1.64. The number of hydrogen-bond acceptors (Lipinski definition) is 4. The molecule has 23 heavy (non-hydrogen) atoms. The monoisotopic (exact) mass is 330 g/mol. The van der Waals surface area contributed by atoms with Crippen molar-refractivity contribution in [1.82, 2.24) is 0 Å². The van der Waals surface area contributed by atoms with E-state index in [2.05, 4.69) is 22.0 Å². The summed E-state index contributed by atoms with van der Waals surface area (Å²) in [6.45, 7) is 3.44. The summed E-state index contributed by atoms with van der Waals surface area (Å²) < 4.78 is 10.7. The molecule has 1 heterocycles. The molecular formula is C18H19ClN2O2. The van der Waals surface area contributed by atoms with Crippen LogP contribution >= 0.6 is 11.6 Å². The minimum absolute atomic E-state index is 0.662. The number of benzene rings is 2. The number of hydrogen-bond donors (Lipinski definition) is 0. The summed E-state index contributed by atoms with van der Waals surface area (Å²) in [6.07, 6.45) is 1.77. The van der Waals surface area contributed by atoms with E-state index in [1.54, 1.807) is 19.4 Å². The van der Waals surface area contributed by atoms with E-state index in [0.29, 0.717) is 5.02 Å². The van der Waals surface area contributed by atoms with Gasteiger partial charge >= 0.3 is 0 Å². The first-order valence-electron chi connectivity index (χ1n) is 7.56. The van der Waals surface area contributed by atoms with Crippen molar-refractivity contribution < 1.29 is 9.47 Å². The molecule has 2 aromatic carbocycles. The van der Waals surface area contributed by atoms with Gasteiger partial charge in [-0.15, -0.1) is 0 Å². The lowest BCUT2D eigenvalue weighted by atomic mass is 10.2. The van der Waals surface area contributed by atoms with Crippen molar-refractivity contribution in [3.05, 3.63) is 53.1 Å². The van der Waals surface area contributed by atoms with E-state index in [1.165, 1.54) is 5.69 Å². The topological polar surface area (TPSA) is 34.1 Å². The van der Waals surface area contributed by atoms with E-state index < -0.39 is 0 Å². The van der Waals surface area contributed by atoms with Gasteiger partial charge in [0.2, 0.25) is 0 Å². The lowest BCUT2D eigenvalue weighted by Crippen LogP contribution is -2.36. The lowest BCUT2D eigenvalue weighted by molar-refractivity contribution is 0.122. The van der Waals surface area contributed by atoms with E-state index in [4.69, 9.17) is 21.1 Å². The Hall–Kier alpha value is -2.04. The number of rotatable bonds is 4. The van der Waals surface area contributed by atoms with Gasteiger partial charge in [-0.05, 0) is 42.5 Å². The van der Waals surface area contributed by atoms with Crippen molar-refractivity contribution in [2.24, 2.45) is 4.99 Å². The van der Waals surface area contributed by atoms with Gasteiger partial charge in [0.1, 0.15) is 5.75 Å². The standard InChI is InChI=1S/C18H19ClN2O2/c1-22-18-7-2-15(19)12-14(18)13-20-16-3-5-17(6-4-16)21-8-10-23-11-9-21/h2-7,12-13H,8-11H2,1H3.